The van der Waals surface area contributed by atoms with Crippen LogP contribution in [-0.2, 0) is 4.79 Å². The van der Waals surface area contributed by atoms with Crippen LogP contribution in [0.2, 0.25) is 0 Å². The van der Waals surface area contributed by atoms with Crippen LogP contribution in [-0.4, -0.2) is 66.4 Å². The summed E-state index contributed by atoms with van der Waals surface area (Å²) in [7, 11) is 1.39. The van der Waals surface area contributed by atoms with Crippen molar-refractivity contribution in [3.8, 4) is 5.75 Å². The van der Waals surface area contributed by atoms with Gasteiger partial charge in [-0.2, -0.15) is 0 Å². The Labute approximate surface area is 167 Å². The summed E-state index contributed by atoms with van der Waals surface area (Å²) in [6.07, 6.45) is 1.73. The van der Waals surface area contributed by atoms with Crippen LogP contribution in [0.15, 0.2) is 41.0 Å². The number of hydrogen-bond donors (Lipinski definition) is 1. The molecule has 1 fully saturated rings. The molecule has 2 heterocycles. The lowest BCUT2D eigenvalue weighted by Crippen LogP contribution is -2.49. The maximum Gasteiger partial charge on any atom is 0.289 e. The molecule has 1 saturated heterocycles. The highest BCUT2D eigenvalue weighted by Gasteiger charge is 2.24. The van der Waals surface area contributed by atoms with Gasteiger partial charge in [-0.1, -0.05) is 0 Å². The van der Waals surface area contributed by atoms with Crippen molar-refractivity contribution in [3.63, 3.8) is 0 Å². The van der Waals surface area contributed by atoms with E-state index in [2.05, 4.69) is 10.2 Å². The fourth-order valence-electron chi connectivity index (χ4n) is 3.10. The molecule has 3 rings (SSSR count). The number of furan rings is 1. The highest BCUT2D eigenvalue weighted by molar-refractivity contribution is 5.93. The molecule has 1 aromatic carbocycles. The van der Waals surface area contributed by atoms with E-state index in [0.29, 0.717) is 44.2 Å². The second kappa shape index (κ2) is 9.20. The molecule has 10 heteroatoms. The molecule has 0 spiro atoms. The standard InChI is InChI=1S/C19H22N4O6/c1-28-17-13-14(23(26)27)4-5-15(17)20-18(24)6-7-21-8-10-22(11-9-21)19(25)16-3-2-12-29-16/h2-5,12-13H,6-11H2,1H3,(H,20,24). The summed E-state index contributed by atoms with van der Waals surface area (Å²) in [4.78, 5) is 38.7. The Kier molecular flexibility index (Phi) is 6.45. The van der Waals surface area contributed by atoms with Crippen molar-refractivity contribution in [2.75, 3.05) is 45.2 Å². The molecule has 1 aliphatic heterocycles. The first kappa shape index (κ1) is 20.3. The minimum absolute atomic E-state index is 0.109. The summed E-state index contributed by atoms with van der Waals surface area (Å²) in [5, 5.41) is 13.6. The predicted molar refractivity (Wildman–Crippen MR) is 104 cm³/mol. The molecule has 0 aliphatic carbocycles. The van der Waals surface area contributed by atoms with Crippen molar-refractivity contribution < 1.29 is 23.7 Å². The molecule has 0 atom stereocenters. The number of piperazine rings is 1. The fourth-order valence-corrected chi connectivity index (χ4v) is 3.10. The molecule has 2 aromatic rings. The fraction of sp³-hybridized carbons (Fsp3) is 0.368. The number of anilines is 1. The topological polar surface area (TPSA) is 118 Å². The number of rotatable bonds is 7. The number of nitro benzene ring substituents is 1. The molecule has 0 radical (unpaired) electrons. The number of non-ortho nitro benzene ring substituents is 1. The van der Waals surface area contributed by atoms with Crippen molar-refractivity contribution in [1.29, 1.82) is 0 Å². The Morgan fingerprint density at radius 3 is 2.62 bits per heavy atom. The molecule has 1 aromatic heterocycles. The number of carbonyl (C=O) groups excluding carboxylic acids is 2. The third-order valence-electron chi connectivity index (χ3n) is 4.72. The van der Waals surface area contributed by atoms with E-state index in [-0.39, 0.29) is 29.7 Å². The number of carbonyl (C=O) groups is 2. The van der Waals surface area contributed by atoms with Crippen LogP contribution in [0.5, 0.6) is 5.75 Å². The van der Waals surface area contributed by atoms with Gasteiger partial charge < -0.3 is 19.4 Å². The van der Waals surface area contributed by atoms with Gasteiger partial charge in [-0.25, -0.2) is 0 Å². The summed E-state index contributed by atoms with van der Waals surface area (Å²) in [6.45, 7) is 3.01. The van der Waals surface area contributed by atoms with Crippen molar-refractivity contribution in [1.82, 2.24) is 9.80 Å². The quantitative estimate of drug-likeness (QED) is 0.556. The Balaban J connectivity index is 1.46. The lowest BCUT2D eigenvalue weighted by Gasteiger charge is -2.34. The normalized spacial score (nSPS) is 14.4. The van der Waals surface area contributed by atoms with Crippen LogP contribution in [0.25, 0.3) is 0 Å². The number of amides is 2. The van der Waals surface area contributed by atoms with E-state index in [1.807, 2.05) is 0 Å². The van der Waals surface area contributed by atoms with Crippen LogP contribution < -0.4 is 10.1 Å². The lowest BCUT2D eigenvalue weighted by atomic mass is 10.2. The summed E-state index contributed by atoms with van der Waals surface area (Å²) in [5.41, 5.74) is 0.277. The number of ether oxygens (including phenoxy) is 1. The number of methoxy groups -OCH3 is 1. The lowest BCUT2D eigenvalue weighted by molar-refractivity contribution is -0.384. The molecule has 1 aliphatic rings. The van der Waals surface area contributed by atoms with E-state index < -0.39 is 4.92 Å². The molecule has 2 amide bonds. The zero-order valence-corrected chi connectivity index (χ0v) is 16.0. The molecule has 154 valence electrons. The molecular formula is C19H22N4O6. The maximum absolute atomic E-state index is 12.3. The molecule has 1 N–H and O–H groups in total. The van der Waals surface area contributed by atoms with E-state index >= 15 is 0 Å². The van der Waals surface area contributed by atoms with E-state index in [4.69, 9.17) is 9.15 Å². The number of nitrogens with one attached hydrogen (secondary N) is 1. The van der Waals surface area contributed by atoms with Crippen LogP contribution >= 0.6 is 0 Å². The minimum Gasteiger partial charge on any atom is -0.494 e. The van der Waals surface area contributed by atoms with Crippen LogP contribution in [0.3, 0.4) is 0 Å². The molecule has 10 nitrogen and oxygen atoms in total. The first-order valence-corrected chi connectivity index (χ1v) is 9.15. The molecule has 0 saturated carbocycles. The van der Waals surface area contributed by atoms with Gasteiger partial charge in [0.15, 0.2) is 5.76 Å². The Bertz CT molecular complexity index is 875. The van der Waals surface area contributed by atoms with Crippen molar-refractivity contribution in [2.24, 2.45) is 0 Å². The number of hydrogen-bond acceptors (Lipinski definition) is 7. The van der Waals surface area contributed by atoms with Gasteiger partial charge in [-0.05, 0) is 18.2 Å². The van der Waals surface area contributed by atoms with Gasteiger partial charge >= 0.3 is 0 Å². The van der Waals surface area contributed by atoms with Crippen LogP contribution in [0.1, 0.15) is 17.0 Å². The highest BCUT2D eigenvalue weighted by Crippen LogP contribution is 2.29. The van der Waals surface area contributed by atoms with Crippen molar-refractivity contribution in [3.05, 3.63) is 52.5 Å². The number of nitrogens with zero attached hydrogens (tertiary/aromatic N) is 3. The van der Waals surface area contributed by atoms with Gasteiger partial charge in [0.2, 0.25) is 5.91 Å². The monoisotopic (exact) mass is 402 g/mol. The third-order valence-corrected chi connectivity index (χ3v) is 4.72. The summed E-state index contributed by atoms with van der Waals surface area (Å²) in [5.74, 6) is 0.219. The van der Waals surface area contributed by atoms with Crippen molar-refractivity contribution in [2.45, 2.75) is 6.42 Å². The number of benzene rings is 1. The maximum atomic E-state index is 12.3. The van der Waals surface area contributed by atoms with E-state index in [1.54, 1.807) is 17.0 Å². The van der Waals surface area contributed by atoms with Gasteiger partial charge in [-0.15, -0.1) is 0 Å². The second-order valence-electron chi connectivity index (χ2n) is 6.55. The first-order valence-electron chi connectivity index (χ1n) is 9.15. The van der Waals surface area contributed by atoms with Crippen LogP contribution in [0, 0.1) is 10.1 Å². The first-order chi connectivity index (χ1) is 14.0. The molecular weight excluding hydrogens is 380 g/mol. The van der Waals surface area contributed by atoms with Gasteiger partial charge in [0.25, 0.3) is 11.6 Å². The molecule has 0 bridgehead atoms. The summed E-state index contributed by atoms with van der Waals surface area (Å²) < 4.78 is 10.3. The van der Waals surface area contributed by atoms with E-state index in [0.717, 1.165) is 0 Å². The Morgan fingerprint density at radius 1 is 1.24 bits per heavy atom. The Morgan fingerprint density at radius 2 is 2.00 bits per heavy atom. The van der Waals surface area contributed by atoms with Gasteiger partial charge in [0, 0.05) is 45.2 Å². The third kappa shape index (κ3) is 5.11. The average Bonchev–Trinajstić information content (AvgIpc) is 3.27. The SMILES string of the molecule is COc1cc([N+](=O)[O-])ccc1NC(=O)CCN1CCN(C(=O)c2ccco2)CC1. The zero-order chi connectivity index (χ0) is 20.8. The number of nitro groups is 1. The van der Waals surface area contributed by atoms with Gasteiger partial charge in [0.1, 0.15) is 5.75 Å². The van der Waals surface area contributed by atoms with Gasteiger partial charge in [-0.3, -0.25) is 24.6 Å². The largest absolute Gasteiger partial charge is 0.494 e. The summed E-state index contributed by atoms with van der Waals surface area (Å²) >= 11 is 0. The van der Waals surface area contributed by atoms with Crippen molar-refractivity contribution >= 4 is 23.2 Å². The Hall–Kier alpha value is -3.40. The highest BCUT2D eigenvalue weighted by atomic mass is 16.6. The molecule has 0 unspecified atom stereocenters. The smallest absolute Gasteiger partial charge is 0.289 e. The van der Waals surface area contributed by atoms with Crippen LogP contribution in [0.4, 0.5) is 11.4 Å². The molecule has 29 heavy (non-hydrogen) atoms. The second-order valence-corrected chi connectivity index (χ2v) is 6.55. The predicted octanol–water partition coefficient (Wildman–Crippen LogP) is 1.98. The summed E-state index contributed by atoms with van der Waals surface area (Å²) in [6, 6.07) is 7.36. The minimum atomic E-state index is -0.523. The van der Waals surface area contributed by atoms with E-state index in [1.165, 1.54) is 31.6 Å². The zero-order valence-electron chi connectivity index (χ0n) is 16.0. The van der Waals surface area contributed by atoms with E-state index in [9.17, 15) is 19.7 Å². The average molecular weight is 402 g/mol. The van der Waals surface area contributed by atoms with Gasteiger partial charge in [0.05, 0.1) is 30.1 Å².